The zero-order valence-electron chi connectivity index (χ0n) is 18.0. The quantitative estimate of drug-likeness (QED) is 0.287. The van der Waals surface area contributed by atoms with E-state index in [4.69, 9.17) is 30.5 Å². The number of ether oxygens (including phenoxy) is 1. The molecule has 4 rings (SSSR count). The number of aromatic hydroxyl groups is 1. The third-order valence-corrected chi connectivity index (χ3v) is 6.48. The topological polar surface area (TPSA) is 150 Å². The number of hydrogen-bond acceptors (Lipinski definition) is 8. The lowest BCUT2D eigenvalue weighted by atomic mass is 9.85. The Labute approximate surface area is 199 Å². The van der Waals surface area contributed by atoms with Crippen LogP contribution in [-0.2, 0) is 9.09 Å². The molecule has 1 aliphatic heterocycles. The number of phenols is 1. The Morgan fingerprint density at radius 2 is 2.00 bits per heavy atom. The van der Waals surface area contributed by atoms with Gasteiger partial charge in [0.15, 0.2) is 12.2 Å². The summed E-state index contributed by atoms with van der Waals surface area (Å²) in [5.74, 6) is -0.901. The Bertz CT molecular complexity index is 1320. The van der Waals surface area contributed by atoms with E-state index in [-0.39, 0.29) is 28.0 Å². The van der Waals surface area contributed by atoms with Crippen LogP contribution in [0.5, 0.6) is 11.5 Å². The number of hydrogen-bond donors (Lipinski definition) is 4. The van der Waals surface area contributed by atoms with Crippen LogP contribution in [0.15, 0.2) is 45.6 Å². The van der Waals surface area contributed by atoms with Crippen LogP contribution in [0.25, 0.3) is 22.3 Å². The molecule has 0 unspecified atom stereocenters. The molecule has 0 aliphatic carbocycles. The first-order valence-electron chi connectivity index (χ1n) is 10.3. The number of phosphoric ester groups is 1. The lowest BCUT2D eigenvalue weighted by Crippen LogP contribution is -2.40. The number of aliphatic hydroxyl groups is 1. The van der Waals surface area contributed by atoms with Crippen LogP contribution < -0.4 is 10.2 Å². The predicted molar refractivity (Wildman–Crippen MR) is 124 cm³/mol. The molecule has 0 saturated carbocycles. The van der Waals surface area contributed by atoms with Crippen molar-refractivity contribution >= 4 is 30.4 Å². The van der Waals surface area contributed by atoms with E-state index >= 15 is 0 Å². The average Bonchev–Trinajstić information content (AvgIpc) is 2.74. The minimum Gasteiger partial charge on any atom is -0.507 e. The number of phenolic OH excluding ortho intramolecular Hbond substituents is 1. The second kappa shape index (κ2) is 9.67. The van der Waals surface area contributed by atoms with Gasteiger partial charge in [-0.1, -0.05) is 23.7 Å². The summed E-state index contributed by atoms with van der Waals surface area (Å²) in [6.07, 6.45) is -0.404. The number of rotatable bonds is 6. The van der Waals surface area contributed by atoms with Gasteiger partial charge in [-0.05, 0) is 32.1 Å². The minimum atomic E-state index is -4.82. The molecule has 182 valence electrons. The standard InChI is InChI=1S/C22H23ClNO9P/c1-24-7-6-13(17(27)10-24)20-19(31-11-32-34(28,29)30)9-16(26)21-15(25)8-18(33-22(20)21)12-4-2-3-5-14(12)23/h2-5,8-9,13,17,26-27H,6-7,10-11H2,1H3,(H2,28,29,30)/t13-,17+/m0/s1. The number of β-amino-alcohol motifs (C(OH)–C–C–N with tert-alkyl or cyclic N) is 1. The first-order chi connectivity index (χ1) is 16.0. The molecule has 34 heavy (non-hydrogen) atoms. The number of likely N-dealkylation sites (N-methyl/N-ethyl adjacent to an activating group) is 1. The Morgan fingerprint density at radius 3 is 2.68 bits per heavy atom. The van der Waals surface area contributed by atoms with Crippen molar-refractivity contribution in [3.8, 4) is 22.8 Å². The van der Waals surface area contributed by atoms with Gasteiger partial charge in [0.25, 0.3) is 0 Å². The van der Waals surface area contributed by atoms with Gasteiger partial charge in [-0.25, -0.2) is 9.09 Å². The number of aliphatic hydroxyl groups excluding tert-OH is 1. The van der Waals surface area contributed by atoms with Crippen LogP contribution in [0.2, 0.25) is 5.02 Å². The number of nitrogens with zero attached hydrogens (tertiary/aromatic N) is 1. The van der Waals surface area contributed by atoms with E-state index in [0.717, 1.165) is 6.07 Å². The van der Waals surface area contributed by atoms with Crippen molar-refractivity contribution in [2.75, 3.05) is 26.9 Å². The van der Waals surface area contributed by atoms with Crippen molar-refractivity contribution in [3.63, 3.8) is 0 Å². The Kier molecular flexibility index (Phi) is 7.02. The molecule has 0 spiro atoms. The number of halogens is 1. The van der Waals surface area contributed by atoms with E-state index in [1.54, 1.807) is 24.3 Å². The fraction of sp³-hybridized carbons (Fsp3) is 0.318. The molecule has 3 aromatic rings. The summed E-state index contributed by atoms with van der Waals surface area (Å²) in [5.41, 5.74) is 0.194. The van der Waals surface area contributed by atoms with Crippen molar-refractivity contribution < 1.29 is 38.2 Å². The van der Waals surface area contributed by atoms with Gasteiger partial charge in [0.2, 0.25) is 0 Å². The summed E-state index contributed by atoms with van der Waals surface area (Å²) >= 11 is 6.29. The van der Waals surface area contributed by atoms with Gasteiger partial charge in [0.05, 0.1) is 11.1 Å². The van der Waals surface area contributed by atoms with Crippen molar-refractivity contribution in [2.45, 2.75) is 18.4 Å². The van der Waals surface area contributed by atoms with Gasteiger partial charge in [-0.15, -0.1) is 0 Å². The smallest absolute Gasteiger partial charge is 0.472 e. The first kappa shape index (κ1) is 24.7. The predicted octanol–water partition coefficient (Wildman–Crippen LogP) is 3.04. The summed E-state index contributed by atoms with van der Waals surface area (Å²) in [7, 11) is -2.97. The summed E-state index contributed by atoms with van der Waals surface area (Å²) in [6, 6.07) is 9.13. The molecular formula is C22H23ClNO9P. The zero-order chi connectivity index (χ0) is 24.6. The normalized spacial score (nSPS) is 19.4. The molecule has 0 bridgehead atoms. The fourth-order valence-electron chi connectivity index (χ4n) is 4.16. The second-order valence-electron chi connectivity index (χ2n) is 8.07. The van der Waals surface area contributed by atoms with Crippen molar-refractivity contribution in [3.05, 3.63) is 57.2 Å². The number of likely N-dealkylation sites (tertiary alicyclic amines) is 1. The fourth-order valence-corrected chi connectivity index (χ4v) is 4.58. The Hall–Kier alpha value is -2.43. The van der Waals surface area contributed by atoms with E-state index in [9.17, 15) is 19.6 Å². The molecule has 2 heterocycles. The van der Waals surface area contributed by atoms with E-state index in [1.165, 1.54) is 6.07 Å². The largest absolute Gasteiger partial charge is 0.507 e. The summed E-state index contributed by atoms with van der Waals surface area (Å²) in [4.78, 5) is 32.9. The van der Waals surface area contributed by atoms with E-state index in [0.29, 0.717) is 30.1 Å². The molecule has 1 aliphatic rings. The maximum absolute atomic E-state index is 13.0. The second-order valence-corrected chi connectivity index (χ2v) is 9.72. The van der Waals surface area contributed by atoms with Crippen LogP contribution in [-0.4, -0.2) is 57.9 Å². The molecule has 0 radical (unpaired) electrons. The molecule has 2 aromatic carbocycles. The molecular weight excluding hydrogens is 489 g/mol. The van der Waals surface area contributed by atoms with Crippen LogP contribution in [0, 0.1) is 0 Å². The molecule has 1 saturated heterocycles. The van der Waals surface area contributed by atoms with Crippen LogP contribution in [0.4, 0.5) is 0 Å². The Balaban J connectivity index is 1.94. The number of benzene rings is 2. The highest BCUT2D eigenvalue weighted by Crippen LogP contribution is 2.44. The molecule has 12 heteroatoms. The molecule has 2 atom stereocenters. The molecule has 1 aromatic heterocycles. The molecule has 10 nitrogen and oxygen atoms in total. The highest BCUT2D eigenvalue weighted by atomic mass is 35.5. The third-order valence-electron chi connectivity index (χ3n) is 5.71. The van der Waals surface area contributed by atoms with Gasteiger partial charge in [0.1, 0.15) is 28.2 Å². The highest BCUT2D eigenvalue weighted by molar-refractivity contribution is 7.46. The van der Waals surface area contributed by atoms with Gasteiger partial charge < -0.3 is 34.1 Å². The van der Waals surface area contributed by atoms with E-state index < -0.39 is 37.8 Å². The molecule has 4 N–H and O–H groups in total. The zero-order valence-corrected chi connectivity index (χ0v) is 19.7. The van der Waals surface area contributed by atoms with Crippen molar-refractivity contribution in [1.29, 1.82) is 0 Å². The van der Waals surface area contributed by atoms with Crippen LogP contribution >= 0.6 is 19.4 Å². The third kappa shape index (κ3) is 5.13. The van der Waals surface area contributed by atoms with Crippen LogP contribution in [0.1, 0.15) is 17.9 Å². The summed E-state index contributed by atoms with van der Waals surface area (Å²) < 4.78 is 27.0. The number of piperidine rings is 1. The number of fused-ring (bicyclic) bond motifs is 1. The van der Waals surface area contributed by atoms with Gasteiger partial charge in [-0.2, -0.15) is 0 Å². The summed E-state index contributed by atoms with van der Waals surface area (Å²) in [5, 5.41) is 21.7. The maximum atomic E-state index is 13.0. The van der Waals surface area contributed by atoms with Gasteiger partial charge in [-0.3, -0.25) is 4.79 Å². The monoisotopic (exact) mass is 511 g/mol. The molecule has 0 amide bonds. The van der Waals surface area contributed by atoms with Gasteiger partial charge >= 0.3 is 7.82 Å². The lowest BCUT2D eigenvalue weighted by Gasteiger charge is -2.34. The number of phosphoric acid groups is 1. The average molecular weight is 512 g/mol. The van der Waals surface area contributed by atoms with Crippen molar-refractivity contribution in [1.82, 2.24) is 4.90 Å². The summed E-state index contributed by atoms with van der Waals surface area (Å²) in [6.45, 7) is 0.121. The highest BCUT2D eigenvalue weighted by Gasteiger charge is 2.34. The van der Waals surface area contributed by atoms with E-state index in [2.05, 4.69) is 4.52 Å². The minimum absolute atomic E-state index is 0.0118. The van der Waals surface area contributed by atoms with Crippen LogP contribution in [0.3, 0.4) is 0 Å². The molecule has 1 fully saturated rings. The Morgan fingerprint density at radius 1 is 1.26 bits per heavy atom. The SMILES string of the molecule is CN1CC[C@H](c2c(OCOP(=O)(O)O)cc(O)c3c(=O)cc(-c4ccccc4Cl)oc23)[C@H](O)C1. The lowest BCUT2D eigenvalue weighted by molar-refractivity contribution is 0.0577. The van der Waals surface area contributed by atoms with E-state index in [1.807, 2.05) is 11.9 Å². The van der Waals surface area contributed by atoms with Gasteiger partial charge in [0, 0.05) is 35.7 Å². The van der Waals surface area contributed by atoms with Crippen molar-refractivity contribution in [2.24, 2.45) is 0 Å². The first-order valence-corrected chi connectivity index (χ1v) is 12.2. The maximum Gasteiger partial charge on any atom is 0.472 e.